The third-order valence-electron chi connectivity index (χ3n) is 9.24. The summed E-state index contributed by atoms with van der Waals surface area (Å²) >= 11 is 0. The number of aliphatic imine (C=N–C) groups is 2. The van der Waals surface area contributed by atoms with E-state index in [1.54, 1.807) is 0 Å². The summed E-state index contributed by atoms with van der Waals surface area (Å²) in [6.45, 7) is 16.5. The van der Waals surface area contributed by atoms with E-state index >= 15 is 0 Å². The Kier molecular flexibility index (Phi) is 9.39. The van der Waals surface area contributed by atoms with E-state index in [0.717, 1.165) is 69.9 Å². The second kappa shape index (κ2) is 12.6. The maximum Gasteiger partial charge on any atom is 0.273 e. The molecule has 2 aliphatic heterocycles. The average molecular weight is 571 g/mol. The highest BCUT2D eigenvalue weighted by Crippen LogP contribution is 2.43. The van der Waals surface area contributed by atoms with Crippen molar-refractivity contribution in [3.8, 4) is 5.88 Å². The van der Waals surface area contributed by atoms with Crippen LogP contribution in [0, 0.1) is 5.41 Å². The van der Waals surface area contributed by atoms with E-state index in [4.69, 9.17) is 4.99 Å². The van der Waals surface area contributed by atoms with Crippen molar-refractivity contribution >= 4 is 35.3 Å². The highest BCUT2D eigenvalue weighted by Gasteiger charge is 2.46. The number of H-pyrrole nitrogens is 2. The molecule has 1 amide bonds. The Hall–Kier alpha value is -3.74. The third-order valence-corrected chi connectivity index (χ3v) is 9.24. The lowest BCUT2D eigenvalue weighted by molar-refractivity contribution is -0.119. The number of ketones is 1. The molecular formula is C35H46N4O3. The number of hydrogen-bond donors (Lipinski definition) is 3. The molecule has 7 nitrogen and oxygen atoms in total. The summed E-state index contributed by atoms with van der Waals surface area (Å²) in [7, 11) is 0. The molecule has 0 radical (unpaired) electrons. The third kappa shape index (κ3) is 5.07. The average Bonchev–Trinajstić information content (AvgIpc) is 3.67. The van der Waals surface area contributed by atoms with Gasteiger partial charge in [0, 0.05) is 27.5 Å². The lowest BCUT2D eigenvalue weighted by Crippen LogP contribution is -2.31. The van der Waals surface area contributed by atoms with Gasteiger partial charge in [0.2, 0.25) is 0 Å². The summed E-state index contributed by atoms with van der Waals surface area (Å²) in [5.74, 6) is 0.0632. The molecule has 224 valence electrons. The van der Waals surface area contributed by atoms with Crippen molar-refractivity contribution in [3.05, 3.63) is 61.6 Å². The van der Waals surface area contributed by atoms with Crippen LogP contribution in [0.25, 0.3) is 12.2 Å². The highest BCUT2D eigenvalue weighted by molar-refractivity contribution is 6.54. The van der Waals surface area contributed by atoms with Gasteiger partial charge in [0.1, 0.15) is 5.71 Å². The minimum atomic E-state index is -0.749. The predicted molar refractivity (Wildman–Crippen MR) is 172 cm³/mol. The summed E-state index contributed by atoms with van der Waals surface area (Å²) in [6, 6.07) is 0. The largest absolute Gasteiger partial charge is 0.494 e. The minimum Gasteiger partial charge on any atom is -0.494 e. The molecule has 7 heteroatoms. The van der Waals surface area contributed by atoms with Crippen LogP contribution in [0.3, 0.4) is 0 Å². The van der Waals surface area contributed by atoms with Crippen LogP contribution in [0.4, 0.5) is 0 Å². The summed E-state index contributed by atoms with van der Waals surface area (Å²) in [5.41, 5.74) is 8.06. The standard InChI is InChI=1S/C35H46N4O3/c1-9-20-21(10-2)27(36-26(20)17-28-22(11-3)24(13-5)33(41)38-28)18-30-32(40)35(15-7,16-8)31(37-30)19-29-23(12-4)25(14-6)34(42)39-29/h17-19,36,38,41H,9-16H2,1-8H3/b26-17+,27-18-,31-19-. The molecule has 0 aromatic carbocycles. The number of aromatic amines is 2. The molecule has 2 aliphatic rings. The van der Waals surface area contributed by atoms with E-state index in [1.165, 1.54) is 5.56 Å². The smallest absolute Gasteiger partial charge is 0.273 e. The molecular weight excluding hydrogens is 524 g/mol. The van der Waals surface area contributed by atoms with Crippen molar-refractivity contribution in [2.45, 2.75) is 107 Å². The Balaban J connectivity index is 1.91. The van der Waals surface area contributed by atoms with Crippen LogP contribution in [-0.2, 0) is 35.3 Å². The number of carbonyl (C=O) groups is 2. The molecule has 0 saturated heterocycles. The fourth-order valence-electron chi connectivity index (χ4n) is 6.83. The first kappa shape index (κ1) is 31.2. The molecule has 0 spiro atoms. The van der Waals surface area contributed by atoms with E-state index in [2.05, 4.69) is 41.8 Å². The number of rotatable bonds is 11. The number of nitrogens with one attached hydrogen (secondary N) is 2. The fraction of sp³-hybridized carbons (Fsp3) is 0.486. The first-order valence-electron chi connectivity index (χ1n) is 15.7. The van der Waals surface area contributed by atoms with E-state index < -0.39 is 5.41 Å². The number of amides is 1. The van der Waals surface area contributed by atoms with Crippen LogP contribution in [-0.4, -0.2) is 38.2 Å². The first-order valence-corrected chi connectivity index (χ1v) is 15.7. The van der Waals surface area contributed by atoms with Gasteiger partial charge in [-0.25, -0.2) is 9.98 Å². The van der Waals surface area contributed by atoms with E-state index in [-0.39, 0.29) is 17.6 Å². The Morgan fingerprint density at radius 1 is 0.643 bits per heavy atom. The Bertz CT molecular complexity index is 1650. The predicted octanol–water partition coefficient (Wildman–Crippen LogP) is 5.72. The molecule has 42 heavy (non-hydrogen) atoms. The maximum atomic E-state index is 14.0. The van der Waals surface area contributed by atoms with E-state index in [0.29, 0.717) is 42.8 Å². The summed E-state index contributed by atoms with van der Waals surface area (Å²) < 4.78 is 0. The van der Waals surface area contributed by atoms with Crippen LogP contribution in [0.1, 0.15) is 109 Å². The van der Waals surface area contributed by atoms with Crippen LogP contribution in [0.5, 0.6) is 5.88 Å². The summed E-state index contributed by atoms with van der Waals surface area (Å²) in [6.07, 6.45) is 11.6. The van der Waals surface area contributed by atoms with Gasteiger partial charge in [-0.05, 0) is 91.9 Å². The van der Waals surface area contributed by atoms with Crippen molar-refractivity contribution < 1.29 is 14.7 Å². The van der Waals surface area contributed by atoms with Crippen molar-refractivity contribution in [2.24, 2.45) is 15.4 Å². The molecule has 0 fully saturated rings. The minimum absolute atomic E-state index is 0.0109. The number of allylic oxidation sites excluding steroid dienone is 3. The van der Waals surface area contributed by atoms with Crippen LogP contribution < -0.4 is 10.7 Å². The maximum absolute atomic E-state index is 14.0. The molecule has 0 unspecified atom stereocenters. The monoisotopic (exact) mass is 570 g/mol. The lowest BCUT2D eigenvalue weighted by Gasteiger charge is -2.25. The second-order valence-electron chi connectivity index (χ2n) is 11.1. The molecule has 2 aromatic rings. The molecule has 4 rings (SSSR count). The summed E-state index contributed by atoms with van der Waals surface area (Å²) in [5, 5.41) is 12.3. The summed E-state index contributed by atoms with van der Waals surface area (Å²) in [4.78, 5) is 42.7. The van der Waals surface area contributed by atoms with Gasteiger partial charge in [0.05, 0.1) is 16.8 Å². The second-order valence-corrected chi connectivity index (χ2v) is 11.1. The van der Waals surface area contributed by atoms with Crippen molar-refractivity contribution in [2.75, 3.05) is 0 Å². The topological polar surface area (TPSA) is 111 Å². The van der Waals surface area contributed by atoms with Crippen molar-refractivity contribution in [3.63, 3.8) is 0 Å². The quantitative estimate of drug-likeness (QED) is 0.321. The zero-order valence-corrected chi connectivity index (χ0v) is 26.5. The van der Waals surface area contributed by atoms with E-state index in [1.807, 2.05) is 46.8 Å². The lowest BCUT2D eigenvalue weighted by atomic mass is 9.75. The number of aromatic nitrogens is 2. The molecule has 4 heterocycles. The highest BCUT2D eigenvalue weighted by atomic mass is 16.3. The number of hydrogen-bond acceptors (Lipinski definition) is 4. The zero-order chi connectivity index (χ0) is 30.8. The van der Waals surface area contributed by atoms with Gasteiger partial charge in [-0.3, -0.25) is 9.59 Å². The molecule has 0 atom stereocenters. The number of Topliss-reactive ketones (excluding diaryl/α,β-unsaturated/α-hetero) is 1. The van der Waals surface area contributed by atoms with E-state index in [9.17, 15) is 14.7 Å². The molecule has 0 aliphatic carbocycles. The van der Waals surface area contributed by atoms with Gasteiger partial charge in [-0.15, -0.1) is 0 Å². The van der Waals surface area contributed by atoms with Gasteiger partial charge >= 0.3 is 0 Å². The van der Waals surface area contributed by atoms with Gasteiger partial charge < -0.3 is 15.1 Å². The molecule has 0 saturated carbocycles. The Morgan fingerprint density at radius 2 is 1.21 bits per heavy atom. The number of aromatic hydroxyl groups is 1. The van der Waals surface area contributed by atoms with Gasteiger partial charge in [0.25, 0.3) is 5.91 Å². The Morgan fingerprint density at radius 3 is 1.74 bits per heavy atom. The van der Waals surface area contributed by atoms with Gasteiger partial charge in [-0.2, -0.15) is 0 Å². The SMILES string of the molecule is CCC1=C(CC)C(/C=C2N=C(/C=c3\[nH]/c(=C/c4[nH]c(O)c(CC)c4CC)c(CC)c3CC)C(=O)C\2(CC)CC)=NC1=O. The van der Waals surface area contributed by atoms with Gasteiger partial charge in [0.15, 0.2) is 11.7 Å². The van der Waals surface area contributed by atoms with Crippen molar-refractivity contribution in [1.29, 1.82) is 0 Å². The first-order chi connectivity index (χ1) is 20.2. The van der Waals surface area contributed by atoms with Crippen LogP contribution in [0.15, 0.2) is 32.9 Å². The van der Waals surface area contributed by atoms with Crippen molar-refractivity contribution in [1.82, 2.24) is 9.97 Å². The number of nitrogens with zero attached hydrogens (tertiary/aromatic N) is 2. The molecule has 3 N–H and O–H groups in total. The Labute approximate surface area is 249 Å². The number of carbonyl (C=O) groups excluding carboxylic acids is 2. The molecule has 0 bridgehead atoms. The van der Waals surface area contributed by atoms with Gasteiger partial charge in [-0.1, -0.05) is 55.4 Å². The fourth-order valence-corrected chi connectivity index (χ4v) is 6.83. The van der Waals surface area contributed by atoms with Crippen LogP contribution >= 0.6 is 0 Å². The normalized spacial score (nSPS) is 18.7. The zero-order valence-electron chi connectivity index (χ0n) is 26.5. The molecule has 2 aromatic heterocycles. The van der Waals surface area contributed by atoms with Crippen LogP contribution in [0.2, 0.25) is 0 Å².